The van der Waals surface area contributed by atoms with E-state index in [2.05, 4.69) is 6.92 Å². The molecule has 44 heavy (non-hydrogen) atoms. The zero-order valence-electron chi connectivity index (χ0n) is 29.1. The predicted molar refractivity (Wildman–Crippen MR) is 190 cm³/mol. The van der Waals surface area contributed by atoms with E-state index in [0.717, 1.165) is 18.4 Å². The van der Waals surface area contributed by atoms with Gasteiger partial charge in [0.15, 0.2) is 11.5 Å². The normalized spacial score (nSPS) is 11.4. The smallest absolute Gasteiger partial charge is 0.330 e. The van der Waals surface area contributed by atoms with Crippen molar-refractivity contribution in [3.63, 3.8) is 0 Å². The molecule has 0 bridgehead atoms. The molecule has 0 saturated heterocycles. The van der Waals surface area contributed by atoms with Gasteiger partial charge < -0.3 is 14.6 Å². The number of phenolic OH excluding ortho intramolecular Hbond substituents is 1. The first-order valence-electron chi connectivity index (χ1n) is 18.9. The summed E-state index contributed by atoms with van der Waals surface area (Å²) in [5, 5.41) is 9.64. The lowest BCUT2D eigenvalue weighted by Gasteiger charge is -2.05. The molecule has 4 heteroatoms. The van der Waals surface area contributed by atoms with E-state index in [0.29, 0.717) is 12.4 Å². The number of phenols is 1. The first-order chi connectivity index (χ1) is 21.7. The van der Waals surface area contributed by atoms with E-state index in [9.17, 15) is 9.90 Å². The number of aromatic hydroxyl groups is 1. The third-order valence-corrected chi connectivity index (χ3v) is 8.86. The van der Waals surface area contributed by atoms with Gasteiger partial charge in [0.2, 0.25) is 0 Å². The van der Waals surface area contributed by atoms with Crippen molar-refractivity contribution in [3.8, 4) is 11.5 Å². The summed E-state index contributed by atoms with van der Waals surface area (Å²) in [7, 11) is 1.50. The van der Waals surface area contributed by atoms with Crippen molar-refractivity contribution in [2.24, 2.45) is 0 Å². The Hall–Kier alpha value is -1.97. The lowest BCUT2D eigenvalue weighted by molar-refractivity contribution is -0.137. The van der Waals surface area contributed by atoms with Crippen LogP contribution < -0.4 is 4.74 Å². The molecule has 0 aliphatic heterocycles. The van der Waals surface area contributed by atoms with E-state index >= 15 is 0 Å². The third kappa shape index (κ3) is 25.4. The number of benzene rings is 1. The summed E-state index contributed by atoms with van der Waals surface area (Å²) >= 11 is 0. The molecule has 0 aliphatic carbocycles. The molecular weight excluding hydrogens is 544 g/mol. The van der Waals surface area contributed by atoms with Crippen molar-refractivity contribution in [1.82, 2.24) is 0 Å². The van der Waals surface area contributed by atoms with E-state index in [-0.39, 0.29) is 11.7 Å². The van der Waals surface area contributed by atoms with Gasteiger partial charge in [0.1, 0.15) is 0 Å². The van der Waals surface area contributed by atoms with Gasteiger partial charge in [-0.25, -0.2) is 4.79 Å². The highest BCUT2D eigenvalue weighted by Crippen LogP contribution is 2.26. The molecule has 1 rings (SSSR count). The van der Waals surface area contributed by atoms with Crippen molar-refractivity contribution in [2.75, 3.05) is 13.7 Å². The summed E-state index contributed by atoms with van der Waals surface area (Å²) in [4.78, 5) is 11.9. The van der Waals surface area contributed by atoms with Crippen LogP contribution in [0.15, 0.2) is 24.3 Å². The van der Waals surface area contributed by atoms with Gasteiger partial charge in [0.25, 0.3) is 0 Å². The Labute approximate surface area is 272 Å². The summed E-state index contributed by atoms with van der Waals surface area (Å²) in [6.07, 6.45) is 42.1. The molecule has 0 spiro atoms. The quantitative estimate of drug-likeness (QED) is 0.0498. The highest BCUT2D eigenvalue weighted by molar-refractivity contribution is 5.87. The molecule has 0 unspecified atom stereocenters. The largest absolute Gasteiger partial charge is 0.504 e. The average Bonchev–Trinajstić information content (AvgIpc) is 3.03. The lowest BCUT2D eigenvalue weighted by atomic mass is 10.0. The summed E-state index contributed by atoms with van der Waals surface area (Å²) < 4.78 is 10.4. The molecule has 1 aromatic carbocycles. The maximum absolute atomic E-state index is 11.9. The molecule has 0 amide bonds. The van der Waals surface area contributed by atoms with Gasteiger partial charge in [0.05, 0.1) is 13.7 Å². The van der Waals surface area contributed by atoms with Crippen LogP contribution in [0.5, 0.6) is 11.5 Å². The van der Waals surface area contributed by atoms with Crippen molar-refractivity contribution < 1.29 is 19.4 Å². The fraction of sp³-hybridized carbons (Fsp3) is 0.775. The second-order valence-corrected chi connectivity index (χ2v) is 13.0. The second-order valence-electron chi connectivity index (χ2n) is 13.0. The number of ether oxygens (including phenoxy) is 2. The van der Waals surface area contributed by atoms with Crippen LogP contribution in [0.2, 0.25) is 0 Å². The van der Waals surface area contributed by atoms with Gasteiger partial charge in [-0.1, -0.05) is 186 Å². The average molecular weight is 615 g/mol. The lowest BCUT2D eigenvalue weighted by Crippen LogP contribution is -2.02. The number of hydrogen-bond donors (Lipinski definition) is 1. The molecule has 0 aromatic heterocycles. The zero-order chi connectivity index (χ0) is 31.8. The Morgan fingerprint density at radius 2 is 0.955 bits per heavy atom. The summed E-state index contributed by atoms with van der Waals surface area (Å²) in [5.41, 5.74) is 0.780. The van der Waals surface area contributed by atoms with Gasteiger partial charge >= 0.3 is 5.97 Å². The molecule has 4 nitrogen and oxygen atoms in total. The summed E-state index contributed by atoms with van der Waals surface area (Å²) in [6.45, 7) is 2.77. The summed E-state index contributed by atoms with van der Waals surface area (Å²) in [6, 6.07) is 4.96. The third-order valence-electron chi connectivity index (χ3n) is 8.86. The first-order valence-corrected chi connectivity index (χ1v) is 18.9. The molecule has 0 heterocycles. The second kappa shape index (κ2) is 31.0. The number of rotatable bonds is 32. The Morgan fingerprint density at radius 1 is 0.591 bits per heavy atom. The fourth-order valence-corrected chi connectivity index (χ4v) is 5.95. The molecule has 1 aromatic rings. The van der Waals surface area contributed by atoms with E-state index in [1.165, 1.54) is 180 Å². The Balaban J connectivity index is 1.73. The molecule has 0 atom stereocenters. The number of carbonyl (C=O) groups is 1. The highest BCUT2D eigenvalue weighted by Gasteiger charge is 2.02. The number of methoxy groups -OCH3 is 1. The summed E-state index contributed by atoms with van der Waals surface area (Å²) in [5.74, 6) is 0.136. The van der Waals surface area contributed by atoms with E-state index in [1.807, 2.05) is 0 Å². The molecule has 0 radical (unpaired) electrons. The molecule has 254 valence electrons. The van der Waals surface area contributed by atoms with Crippen LogP contribution in [-0.4, -0.2) is 24.8 Å². The molecule has 0 aliphatic rings. The van der Waals surface area contributed by atoms with Crippen LogP contribution in [0.4, 0.5) is 0 Å². The van der Waals surface area contributed by atoms with E-state index < -0.39 is 0 Å². The topological polar surface area (TPSA) is 55.8 Å². The SMILES string of the molecule is CCCCCCCCCCCCCCCCCCCCCCCCCCCCCCOC(=O)C=Cc1ccc(O)c(OC)c1. The van der Waals surface area contributed by atoms with E-state index in [1.54, 1.807) is 24.3 Å². The van der Waals surface area contributed by atoms with Crippen molar-refractivity contribution in [2.45, 2.75) is 187 Å². The Bertz CT molecular complexity index is 803. The zero-order valence-corrected chi connectivity index (χ0v) is 29.1. The van der Waals surface area contributed by atoms with E-state index in [4.69, 9.17) is 9.47 Å². The highest BCUT2D eigenvalue weighted by atomic mass is 16.5. The van der Waals surface area contributed by atoms with Gasteiger partial charge in [0, 0.05) is 6.08 Å². The van der Waals surface area contributed by atoms with Crippen molar-refractivity contribution in [3.05, 3.63) is 29.8 Å². The molecule has 0 saturated carbocycles. The maximum Gasteiger partial charge on any atom is 0.330 e. The van der Waals surface area contributed by atoms with Crippen molar-refractivity contribution >= 4 is 12.0 Å². The fourth-order valence-electron chi connectivity index (χ4n) is 5.95. The minimum atomic E-state index is -0.331. The molecule has 1 N–H and O–H groups in total. The number of hydrogen-bond acceptors (Lipinski definition) is 4. The van der Waals surface area contributed by atoms with Crippen LogP contribution in [0.25, 0.3) is 6.08 Å². The van der Waals surface area contributed by atoms with Gasteiger partial charge in [-0.3, -0.25) is 0 Å². The minimum Gasteiger partial charge on any atom is -0.504 e. The van der Waals surface area contributed by atoms with Crippen LogP contribution in [-0.2, 0) is 9.53 Å². The first kappa shape index (κ1) is 40.1. The van der Waals surface area contributed by atoms with Crippen LogP contribution in [0, 0.1) is 0 Å². The monoisotopic (exact) mass is 615 g/mol. The molecular formula is C40H70O4. The van der Waals surface area contributed by atoms with Crippen LogP contribution >= 0.6 is 0 Å². The maximum atomic E-state index is 11.9. The number of unbranched alkanes of at least 4 members (excludes halogenated alkanes) is 27. The predicted octanol–water partition coefficient (Wildman–Crippen LogP) is 12.9. The van der Waals surface area contributed by atoms with Crippen LogP contribution in [0.3, 0.4) is 0 Å². The van der Waals surface area contributed by atoms with Crippen LogP contribution in [0.1, 0.15) is 192 Å². The number of carbonyl (C=O) groups excluding carboxylic acids is 1. The van der Waals surface area contributed by atoms with Crippen molar-refractivity contribution in [1.29, 1.82) is 0 Å². The van der Waals surface area contributed by atoms with Gasteiger partial charge in [-0.05, 0) is 30.2 Å². The van der Waals surface area contributed by atoms with Gasteiger partial charge in [-0.15, -0.1) is 0 Å². The Morgan fingerprint density at radius 3 is 1.32 bits per heavy atom. The van der Waals surface area contributed by atoms with Gasteiger partial charge in [-0.2, -0.15) is 0 Å². The molecule has 0 fully saturated rings. The Kier molecular flexibility index (Phi) is 28.2. The minimum absolute atomic E-state index is 0.0817. The standard InChI is InChI=1S/C40H70O4/c1-3-4-5-6-7-8-9-10-11-12-13-14-15-16-17-18-19-20-21-22-23-24-25-26-27-28-29-30-35-44-40(42)34-32-37-31-33-38(41)39(36-37)43-2/h31-34,36,41H,3-30,35H2,1-2H3. The number of esters is 1.